The molecule has 4 N–H and O–H groups in total. The lowest BCUT2D eigenvalue weighted by Crippen LogP contribution is -2.43. The molecule has 15 heavy (non-hydrogen) atoms. The van der Waals surface area contributed by atoms with E-state index in [0.717, 1.165) is 25.7 Å². The summed E-state index contributed by atoms with van der Waals surface area (Å²) >= 11 is 0. The largest absolute Gasteiger partial charge is 0.396 e. The molecule has 0 aromatic heterocycles. The second-order valence-electron chi connectivity index (χ2n) is 4.41. The lowest BCUT2D eigenvalue weighted by atomic mass is 9.78. The van der Waals surface area contributed by atoms with Gasteiger partial charge in [0.25, 0.3) is 10.1 Å². The van der Waals surface area contributed by atoms with Gasteiger partial charge in [0.2, 0.25) is 0 Å². The highest BCUT2D eigenvalue weighted by atomic mass is 32.2. The molecule has 1 saturated carbocycles. The standard InChI is InChI=1S/C9H19NO4S/c10-8(3-6-15(12,13)14)9(7-11)4-1-2-5-9/h8,11H,1-7,10H2,(H,12,13,14). The van der Waals surface area contributed by atoms with Crippen molar-refractivity contribution in [2.75, 3.05) is 12.4 Å². The van der Waals surface area contributed by atoms with Gasteiger partial charge >= 0.3 is 0 Å². The molecule has 0 heterocycles. The molecule has 0 aliphatic heterocycles. The average molecular weight is 237 g/mol. The van der Waals surface area contributed by atoms with Gasteiger partial charge in [0.15, 0.2) is 0 Å². The Balaban J connectivity index is 2.54. The fourth-order valence-corrected chi connectivity index (χ4v) is 2.86. The van der Waals surface area contributed by atoms with Crippen molar-refractivity contribution in [3.63, 3.8) is 0 Å². The van der Waals surface area contributed by atoms with E-state index in [1.54, 1.807) is 0 Å². The van der Waals surface area contributed by atoms with E-state index in [0.29, 0.717) is 0 Å². The van der Waals surface area contributed by atoms with Crippen LogP contribution in [-0.2, 0) is 10.1 Å². The molecule has 1 aliphatic rings. The van der Waals surface area contributed by atoms with Gasteiger partial charge < -0.3 is 10.8 Å². The number of aliphatic hydroxyl groups is 1. The SMILES string of the molecule is NC(CCS(=O)(=O)O)C1(CO)CCCC1. The molecule has 0 spiro atoms. The zero-order valence-electron chi connectivity index (χ0n) is 8.72. The van der Waals surface area contributed by atoms with Crippen molar-refractivity contribution in [1.82, 2.24) is 0 Å². The highest BCUT2D eigenvalue weighted by molar-refractivity contribution is 7.85. The van der Waals surface area contributed by atoms with Gasteiger partial charge in [-0.1, -0.05) is 12.8 Å². The Labute approximate surface area is 90.4 Å². The van der Waals surface area contributed by atoms with Crippen molar-refractivity contribution in [2.24, 2.45) is 11.1 Å². The minimum Gasteiger partial charge on any atom is -0.396 e. The lowest BCUT2D eigenvalue weighted by molar-refractivity contribution is 0.100. The summed E-state index contributed by atoms with van der Waals surface area (Å²) in [4.78, 5) is 0. The van der Waals surface area contributed by atoms with Crippen molar-refractivity contribution in [1.29, 1.82) is 0 Å². The minimum absolute atomic E-state index is 0.000354. The fraction of sp³-hybridized carbons (Fsp3) is 1.00. The number of hydrogen-bond donors (Lipinski definition) is 3. The van der Waals surface area contributed by atoms with Crippen LogP contribution in [0.3, 0.4) is 0 Å². The molecule has 5 nitrogen and oxygen atoms in total. The van der Waals surface area contributed by atoms with E-state index in [-0.39, 0.29) is 30.2 Å². The lowest BCUT2D eigenvalue weighted by Gasteiger charge is -2.33. The van der Waals surface area contributed by atoms with Crippen LogP contribution in [0.4, 0.5) is 0 Å². The van der Waals surface area contributed by atoms with Gasteiger partial charge in [-0.3, -0.25) is 4.55 Å². The van der Waals surface area contributed by atoms with Crippen LogP contribution in [0.1, 0.15) is 32.1 Å². The molecule has 1 atom stereocenters. The third kappa shape index (κ3) is 3.41. The maximum Gasteiger partial charge on any atom is 0.264 e. The van der Waals surface area contributed by atoms with E-state index in [4.69, 9.17) is 10.3 Å². The molecular weight excluding hydrogens is 218 g/mol. The van der Waals surface area contributed by atoms with Crippen LogP contribution in [0.2, 0.25) is 0 Å². The maximum absolute atomic E-state index is 10.6. The van der Waals surface area contributed by atoms with Crippen LogP contribution in [0.5, 0.6) is 0 Å². The van der Waals surface area contributed by atoms with Gasteiger partial charge in [-0.15, -0.1) is 0 Å². The monoisotopic (exact) mass is 237 g/mol. The molecule has 0 radical (unpaired) electrons. The van der Waals surface area contributed by atoms with Crippen LogP contribution in [0.25, 0.3) is 0 Å². The van der Waals surface area contributed by atoms with E-state index in [1.165, 1.54) is 0 Å². The molecule has 0 bridgehead atoms. The first kappa shape index (κ1) is 12.9. The Morgan fingerprint density at radius 1 is 1.33 bits per heavy atom. The molecule has 1 unspecified atom stereocenters. The van der Waals surface area contributed by atoms with Crippen LogP contribution in [0.15, 0.2) is 0 Å². The summed E-state index contributed by atoms with van der Waals surface area (Å²) in [5.74, 6) is -0.323. The first-order chi connectivity index (χ1) is 6.90. The summed E-state index contributed by atoms with van der Waals surface area (Å²) in [6.45, 7) is -0.000354. The average Bonchev–Trinajstić information content (AvgIpc) is 2.62. The molecule has 0 aromatic carbocycles. The van der Waals surface area contributed by atoms with E-state index in [9.17, 15) is 13.5 Å². The van der Waals surface area contributed by atoms with Crippen LogP contribution in [-0.4, -0.2) is 36.5 Å². The second-order valence-corrected chi connectivity index (χ2v) is 5.98. The van der Waals surface area contributed by atoms with Crippen molar-refractivity contribution >= 4 is 10.1 Å². The highest BCUT2D eigenvalue weighted by Crippen LogP contribution is 2.40. The summed E-state index contributed by atoms with van der Waals surface area (Å²) in [6, 6.07) is -0.355. The van der Waals surface area contributed by atoms with Crippen molar-refractivity contribution in [3.05, 3.63) is 0 Å². The third-order valence-corrected chi connectivity index (χ3v) is 4.14. The molecule has 1 rings (SSSR count). The molecule has 0 aromatic rings. The van der Waals surface area contributed by atoms with Gasteiger partial charge in [-0.05, 0) is 19.3 Å². The topological polar surface area (TPSA) is 101 Å². The van der Waals surface area contributed by atoms with Gasteiger partial charge in [0.1, 0.15) is 0 Å². The molecule has 1 fully saturated rings. The van der Waals surface area contributed by atoms with Crippen molar-refractivity contribution in [2.45, 2.75) is 38.1 Å². The Morgan fingerprint density at radius 3 is 2.27 bits per heavy atom. The minimum atomic E-state index is -3.95. The third-order valence-electron chi connectivity index (χ3n) is 3.39. The number of rotatable bonds is 5. The highest BCUT2D eigenvalue weighted by Gasteiger charge is 2.39. The number of nitrogens with two attached hydrogens (primary N) is 1. The number of hydrogen-bond acceptors (Lipinski definition) is 4. The molecule has 0 saturated heterocycles. The van der Waals surface area contributed by atoms with E-state index >= 15 is 0 Å². The quantitative estimate of drug-likeness (QED) is 0.591. The number of aliphatic hydroxyl groups excluding tert-OH is 1. The van der Waals surface area contributed by atoms with Crippen LogP contribution in [0, 0.1) is 5.41 Å². The summed E-state index contributed by atoms with van der Waals surface area (Å²) < 4.78 is 29.8. The maximum atomic E-state index is 10.6. The first-order valence-corrected chi connectivity index (χ1v) is 6.82. The summed E-state index contributed by atoms with van der Waals surface area (Å²) in [6.07, 6.45) is 3.95. The van der Waals surface area contributed by atoms with Crippen LogP contribution >= 0.6 is 0 Å². The predicted molar refractivity (Wildman–Crippen MR) is 57.0 cm³/mol. The zero-order chi connectivity index (χ0) is 11.5. The second kappa shape index (κ2) is 4.78. The predicted octanol–water partition coefficient (Wildman–Crippen LogP) is 0.144. The first-order valence-electron chi connectivity index (χ1n) is 5.21. The van der Waals surface area contributed by atoms with E-state index in [2.05, 4.69) is 0 Å². The molecular formula is C9H19NO4S. The molecule has 6 heteroatoms. The zero-order valence-corrected chi connectivity index (χ0v) is 9.54. The Morgan fingerprint density at radius 2 is 1.87 bits per heavy atom. The molecule has 0 amide bonds. The van der Waals surface area contributed by atoms with Crippen LogP contribution < -0.4 is 5.73 Å². The summed E-state index contributed by atoms with van der Waals surface area (Å²) in [7, 11) is -3.95. The summed E-state index contributed by atoms with van der Waals surface area (Å²) in [5, 5.41) is 9.32. The van der Waals surface area contributed by atoms with Gasteiger partial charge in [0, 0.05) is 11.5 Å². The van der Waals surface area contributed by atoms with Crippen molar-refractivity contribution in [3.8, 4) is 0 Å². The molecule has 90 valence electrons. The summed E-state index contributed by atoms with van der Waals surface area (Å²) in [5.41, 5.74) is 5.57. The van der Waals surface area contributed by atoms with E-state index < -0.39 is 10.1 Å². The normalized spacial score (nSPS) is 22.9. The van der Waals surface area contributed by atoms with Gasteiger partial charge in [-0.25, -0.2) is 0 Å². The van der Waals surface area contributed by atoms with Gasteiger partial charge in [0.05, 0.1) is 12.4 Å². The Kier molecular flexibility index (Phi) is 4.11. The Hall–Kier alpha value is -0.170. The van der Waals surface area contributed by atoms with Crippen molar-refractivity contribution < 1.29 is 18.1 Å². The Bertz CT molecular complexity index is 295. The van der Waals surface area contributed by atoms with Gasteiger partial charge in [-0.2, -0.15) is 8.42 Å². The molecule has 1 aliphatic carbocycles. The smallest absolute Gasteiger partial charge is 0.264 e. The fourth-order valence-electron chi connectivity index (χ4n) is 2.31. The van der Waals surface area contributed by atoms with E-state index in [1.807, 2.05) is 0 Å².